The molecule has 1 saturated heterocycles. The van der Waals surface area contributed by atoms with Crippen molar-refractivity contribution in [2.24, 2.45) is 5.92 Å². The van der Waals surface area contributed by atoms with Crippen LogP contribution in [0.2, 0.25) is 0 Å². The first kappa shape index (κ1) is 15.0. The van der Waals surface area contributed by atoms with Crippen LogP contribution in [-0.4, -0.2) is 30.6 Å². The molecule has 1 aromatic rings. The van der Waals surface area contributed by atoms with Gasteiger partial charge in [0, 0.05) is 28.9 Å². The zero-order valence-electron chi connectivity index (χ0n) is 12.8. The molecule has 0 saturated carbocycles. The van der Waals surface area contributed by atoms with Gasteiger partial charge in [-0.05, 0) is 57.3 Å². The van der Waals surface area contributed by atoms with Crippen molar-refractivity contribution in [3.8, 4) is 0 Å². The number of hydrogen-bond donors (Lipinski definition) is 1. The van der Waals surface area contributed by atoms with E-state index in [1.165, 1.54) is 47.8 Å². The molecule has 0 aromatic carbocycles. The number of thiophene rings is 1. The summed E-state index contributed by atoms with van der Waals surface area (Å²) in [6, 6.07) is 3.05. The van der Waals surface area contributed by atoms with Crippen molar-refractivity contribution in [1.29, 1.82) is 0 Å². The molecule has 2 nitrogen and oxygen atoms in total. The van der Waals surface area contributed by atoms with E-state index in [1.54, 1.807) is 0 Å². The fourth-order valence-electron chi connectivity index (χ4n) is 2.82. The lowest BCUT2D eigenvalue weighted by atomic mass is 10.0. The van der Waals surface area contributed by atoms with Gasteiger partial charge in [0.15, 0.2) is 0 Å². The van der Waals surface area contributed by atoms with E-state index in [9.17, 15) is 0 Å². The van der Waals surface area contributed by atoms with E-state index in [1.807, 2.05) is 11.3 Å². The summed E-state index contributed by atoms with van der Waals surface area (Å²) in [5.74, 6) is 0.793. The fourth-order valence-corrected chi connectivity index (χ4v) is 3.82. The maximum absolute atomic E-state index is 3.74. The van der Waals surface area contributed by atoms with E-state index in [0.717, 1.165) is 12.5 Å². The van der Waals surface area contributed by atoms with Crippen LogP contribution < -0.4 is 5.32 Å². The average Bonchev–Trinajstić information content (AvgIpc) is 2.67. The quantitative estimate of drug-likeness (QED) is 0.887. The van der Waals surface area contributed by atoms with Crippen molar-refractivity contribution < 1.29 is 0 Å². The van der Waals surface area contributed by atoms with E-state index in [2.05, 4.69) is 44.0 Å². The zero-order chi connectivity index (χ0) is 13.8. The van der Waals surface area contributed by atoms with Gasteiger partial charge >= 0.3 is 0 Å². The third-order valence-corrected chi connectivity index (χ3v) is 5.15. The van der Waals surface area contributed by atoms with Crippen LogP contribution in [0, 0.1) is 19.8 Å². The third kappa shape index (κ3) is 4.59. The van der Waals surface area contributed by atoms with Gasteiger partial charge < -0.3 is 10.2 Å². The number of hydrogen-bond acceptors (Lipinski definition) is 3. The molecule has 0 unspecified atom stereocenters. The molecule has 0 spiro atoms. The molecule has 1 aliphatic rings. The molecule has 1 fully saturated rings. The van der Waals surface area contributed by atoms with Crippen LogP contribution in [0.1, 0.15) is 42.0 Å². The Morgan fingerprint density at radius 3 is 2.53 bits per heavy atom. The number of piperidine rings is 1. The number of rotatable bonds is 5. The summed E-state index contributed by atoms with van der Waals surface area (Å²) in [4.78, 5) is 5.56. The molecular formula is C16H28N2S. The van der Waals surface area contributed by atoms with Gasteiger partial charge in [0.2, 0.25) is 0 Å². The van der Waals surface area contributed by atoms with Crippen molar-refractivity contribution >= 4 is 11.3 Å². The van der Waals surface area contributed by atoms with Crippen LogP contribution in [-0.2, 0) is 6.54 Å². The minimum Gasteiger partial charge on any atom is -0.309 e. The summed E-state index contributed by atoms with van der Waals surface area (Å²) in [7, 11) is 0. The molecule has 0 radical (unpaired) electrons. The Bertz CT molecular complexity index is 370. The van der Waals surface area contributed by atoms with E-state index in [0.29, 0.717) is 6.04 Å². The molecule has 0 aliphatic carbocycles. The van der Waals surface area contributed by atoms with Gasteiger partial charge in [-0.25, -0.2) is 0 Å². The fraction of sp³-hybridized carbons (Fsp3) is 0.750. The van der Waals surface area contributed by atoms with Crippen molar-refractivity contribution in [2.45, 2.75) is 53.1 Å². The average molecular weight is 280 g/mol. The van der Waals surface area contributed by atoms with Crippen LogP contribution >= 0.6 is 11.3 Å². The third-order valence-electron chi connectivity index (χ3n) is 3.99. The predicted octanol–water partition coefficient (Wildman–Crippen LogP) is 3.57. The molecule has 1 aromatic heterocycles. The SMILES string of the molecule is Cc1cc(CNC2CCN(CC(C)C)CC2)sc1C. The molecule has 0 bridgehead atoms. The minimum absolute atomic E-state index is 0.714. The second-order valence-electron chi connectivity index (χ2n) is 6.30. The summed E-state index contributed by atoms with van der Waals surface area (Å²) in [6.45, 7) is 13.9. The van der Waals surface area contributed by atoms with Gasteiger partial charge in [0.1, 0.15) is 0 Å². The normalized spacial score (nSPS) is 18.4. The second kappa shape index (κ2) is 6.87. The van der Waals surface area contributed by atoms with Gasteiger partial charge in [-0.1, -0.05) is 13.8 Å². The van der Waals surface area contributed by atoms with Crippen LogP contribution in [0.4, 0.5) is 0 Å². The van der Waals surface area contributed by atoms with Gasteiger partial charge in [-0.2, -0.15) is 0 Å². The smallest absolute Gasteiger partial charge is 0.0302 e. The predicted molar refractivity (Wildman–Crippen MR) is 84.9 cm³/mol. The Morgan fingerprint density at radius 2 is 2.00 bits per heavy atom. The standard InChI is InChI=1S/C16H28N2S/c1-12(2)11-18-7-5-15(6-8-18)17-10-16-9-13(3)14(4)19-16/h9,12,15,17H,5-8,10-11H2,1-4H3. The second-order valence-corrected chi connectivity index (χ2v) is 7.64. The molecule has 0 atom stereocenters. The van der Waals surface area contributed by atoms with Gasteiger partial charge in [-0.15, -0.1) is 11.3 Å². The number of nitrogens with zero attached hydrogens (tertiary/aromatic N) is 1. The highest BCUT2D eigenvalue weighted by atomic mass is 32.1. The Kier molecular flexibility index (Phi) is 5.43. The summed E-state index contributed by atoms with van der Waals surface area (Å²) in [6.07, 6.45) is 2.60. The van der Waals surface area contributed by atoms with Crippen LogP contribution in [0.15, 0.2) is 6.07 Å². The maximum atomic E-state index is 3.74. The molecule has 2 heterocycles. The minimum atomic E-state index is 0.714. The molecule has 1 N–H and O–H groups in total. The van der Waals surface area contributed by atoms with Gasteiger partial charge in [0.05, 0.1) is 0 Å². The van der Waals surface area contributed by atoms with E-state index >= 15 is 0 Å². The number of nitrogens with one attached hydrogen (secondary N) is 1. The van der Waals surface area contributed by atoms with Crippen molar-refractivity contribution in [1.82, 2.24) is 10.2 Å². The largest absolute Gasteiger partial charge is 0.309 e. The topological polar surface area (TPSA) is 15.3 Å². The summed E-state index contributed by atoms with van der Waals surface area (Å²) < 4.78 is 0. The van der Waals surface area contributed by atoms with E-state index in [-0.39, 0.29) is 0 Å². The van der Waals surface area contributed by atoms with Crippen LogP contribution in [0.25, 0.3) is 0 Å². The molecule has 3 heteroatoms. The van der Waals surface area contributed by atoms with Crippen molar-refractivity contribution in [3.63, 3.8) is 0 Å². The van der Waals surface area contributed by atoms with Gasteiger partial charge in [0.25, 0.3) is 0 Å². The highest BCUT2D eigenvalue weighted by molar-refractivity contribution is 7.12. The Hall–Kier alpha value is -0.380. The highest BCUT2D eigenvalue weighted by Gasteiger charge is 2.19. The maximum Gasteiger partial charge on any atom is 0.0302 e. The first-order chi connectivity index (χ1) is 9.04. The van der Waals surface area contributed by atoms with Crippen LogP contribution in [0.3, 0.4) is 0 Å². The first-order valence-electron chi connectivity index (χ1n) is 7.56. The lowest BCUT2D eigenvalue weighted by Crippen LogP contribution is -2.43. The van der Waals surface area contributed by atoms with Gasteiger partial charge in [-0.3, -0.25) is 0 Å². The molecule has 2 rings (SSSR count). The summed E-state index contributed by atoms with van der Waals surface area (Å²) in [5.41, 5.74) is 1.44. The first-order valence-corrected chi connectivity index (χ1v) is 8.38. The number of likely N-dealkylation sites (tertiary alicyclic amines) is 1. The zero-order valence-corrected chi connectivity index (χ0v) is 13.6. The lowest BCUT2D eigenvalue weighted by Gasteiger charge is -2.33. The van der Waals surface area contributed by atoms with Crippen molar-refractivity contribution in [2.75, 3.05) is 19.6 Å². The van der Waals surface area contributed by atoms with E-state index in [4.69, 9.17) is 0 Å². The lowest BCUT2D eigenvalue weighted by molar-refractivity contribution is 0.179. The molecule has 1 aliphatic heterocycles. The van der Waals surface area contributed by atoms with E-state index < -0.39 is 0 Å². The molecule has 108 valence electrons. The Balaban J connectivity index is 1.71. The highest BCUT2D eigenvalue weighted by Crippen LogP contribution is 2.21. The number of aryl methyl sites for hydroxylation is 2. The van der Waals surface area contributed by atoms with Crippen LogP contribution in [0.5, 0.6) is 0 Å². The van der Waals surface area contributed by atoms with Crippen molar-refractivity contribution in [3.05, 3.63) is 21.4 Å². The monoisotopic (exact) mass is 280 g/mol. The summed E-state index contributed by atoms with van der Waals surface area (Å²) in [5, 5.41) is 3.74. The molecule has 0 amide bonds. The Morgan fingerprint density at radius 1 is 1.32 bits per heavy atom. The summed E-state index contributed by atoms with van der Waals surface area (Å²) >= 11 is 1.94. The Labute approximate surface area is 122 Å². The molecular weight excluding hydrogens is 252 g/mol. The molecule has 19 heavy (non-hydrogen) atoms.